The van der Waals surface area contributed by atoms with Gasteiger partial charge in [-0.15, -0.1) is 0 Å². The van der Waals surface area contributed by atoms with Gasteiger partial charge >= 0.3 is 0 Å². The number of hydrogen-bond donors (Lipinski definition) is 0. The fraction of sp³-hybridized carbons (Fsp3) is 0.588. The first-order valence-corrected chi connectivity index (χ1v) is 10.0. The standard InChI is InChI=1S/C17H24N2O6S/c1-23-13-5-6-14(24-2)16(12-13)26(21,22)19-9-7-18(8-10-19)17(20)15-4-3-11-25-15/h5-6,12,15H,3-4,7-11H2,1-2H3/t15-/m0/s1. The summed E-state index contributed by atoms with van der Waals surface area (Å²) in [5.74, 6) is 0.666. The average molecular weight is 384 g/mol. The van der Waals surface area contributed by atoms with Crippen LogP contribution >= 0.6 is 0 Å². The molecule has 1 aromatic rings. The third kappa shape index (κ3) is 3.65. The van der Waals surface area contributed by atoms with Crippen molar-refractivity contribution < 1.29 is 27.4 Å². The molecule has 3 rings (SSSR count). The molecular formula is C17H24N2O6S. The molecule has 1 atom stereocenters. The molecule has 2 fully saturated rings. The summed E-state index contributed by atoms with van der Waals surface area (Å²) in [6.45, 7) is 1.79. The van der Waals surface area contributed by atoms with Gasteiger partial charge in [0.15, 0.2) is 0 Å². The Morgan fingerprint density at radius 2 is 1.88 bits per heavy atom. The molecule has 0 radical (unpaired) electrons. The molecule has 0 aromatic heterocycles. The predicted molar refractivity (Wildman–Crippen MR) is 93.9 cm³/mol. The largest absolute Gasteiger partial charge is 0.497 e. The van der Waals surface area contributed by atoms with E-state index in [0.29, 0.717) is 25.4 Å². The summed E-state index contributed by atoms with van der Waals surface area (Å²) in [4.78, 5) is 14.2. The monoisotopic (exact) mass is 384 g/mol. The highest BCUT2D eigenvalue weighted by atomic mass is 32.2. The van der Waals surface area contributed by atoms with E-state index in [0.717, 1.165) is 12.8 Å². The Morgan fingerprint density at radius 1 is 1.15 bits per heavy atom. The molecule has 1 aromatic carbocycles. The van der Waals surface area contributed by atoms with Gasteiger partial charge in [-0.25, -0.2) is 8.42 Å². The smallest absolute Gasteiger partial charge is 0.251 e. The highest BCUT2D eigenvalue weighted by molar-refractivity contribution is 7.89. The van der Waals surface area contributed by atoms with Crippen LogP contribution in [-0.4, -0.2) is 76.6 Å². The molecular weight excluding hydrogens is 360 g/mol. The second-order valence-electron chi connectivity index (χ2n) is 6.25. The van der Waals surface area contributed by atoms with Crippen molar-refractivity contribution in [3.8, 4) is 11.5 Å². The molecule has 0 bridgehead atoms. The van der Waals surface area contributed by atoms with Crippen molar-refractivity contribution in [3.05, 3.63) is 18.2 Å². The molecule has 144 valence electrons. The van der Waals surface area contributed by atoms with Gasteiger partial charge < -0.3 is 19.1 Å². The van der Waals surface area contributed by atoms with Crippen LogP contribution in [-0.2, 0) is 19.6 Å². The number of sulfonamides is 1. The maximum atomic E-state index is 13.0. The highest BCUT2D eigenvalue weighted by Gasteiger charge is 2.35. The number of benzene rings is 1. The van der Waals surface area contributed by atoms with Gasteiger partial charge in [0.2, 0.25) is 10.0 Å². The molecule has 2 saturated heterocycles. The topological polar surface area (TPSA) is 85.4 Å². The van der Waals surface area contributed by atoms with E-state index in [2.05, 4.69) is 0 Å². The Kier molecular flexibility index (Phi) is 5.69. The minimum Gasteiger partial charge on any atom is -0.497 e. The lowest BCUT2D eigenvalue weighted by Gasteiger charge is -2.35. The SMILES string of the molecule is COc1ccc(OC)c(S(=O)(=O)N2CCN(C(=O)[C@@H]3CCCO3)CC2)c1. The van der Waals surface area contributed by atoms with E-state index >= 15 is 0 Å². The number of carbonyl (C=O) groups excluding carboxylic acids is 1. The summed E-state index contributed by atoms with van der Waals surface area (Å²) >= 11 is 0. The van der Waals surface area contributed by atoms with Crippen LogP contribution in [0.3, 0.4) is 0 Å². The summed E-state index contributed by atoms with van der Waals surface area (Å²) in [5.41, 5.74) is 0. The number of rotatable bonds is 5. The first kappa shape index (κ1) is 18.9. The normalized spacial score (nSPS) is 21.6. The van der Waals surface area contributed by atoms with Crippen molar-refractivity contribution in [2.45, 2.75) is 23.8 Å². The molecule has 2 heterocycles. The van der Waals surface area contributed by atoms with Gasteiger partial charge in [0, 0.05) is 38.9 Å². The van der Waals surface area contributed by atoms with Gasteiger partial charge in [-0.1, -0.05) is 0 Å². The zero-order chi connectivity index (χ0) is 18.7. The molecule has 2 aliphatic rings. The minimum atomic E-state index is -3.75. The lowest BCUT2D eigenvalue weighted by atomic mass is 10.2. The fourth-order valence-electron chi connectivity index (χ4n) is 3.25. The number of methoxy groups -OCH3 is 2. The lowest BCUT2D eigenvalue weighted by molar-refractivity contribution is -0.142. The first-order chi connectivity index (χ1) is 12.5. The van der Waals surface area contributed by atoms with Crippen LogP contribution in [0.15, 0.2) is 23.1 Å². The Bertz CT molecular complexity index is 753. The van der Waals surface area contributed by atoms with E-state index in [1.165, 1.54) is 24.6 Å². The Labute approximate surface area is 153 Å². The van der Waals surface area contributed by atoms with E-state index in [1.54, 1.807) is 17.0 Å². The quantitative estimate of drug-likeness (QED) is 0.744. The second kappa shape index (κ2) is 7.81. The zero-order valence-electron chi connectivity index (χ0n) is 15.0. The molecule has 0 unspecified atom stereocenters. The Balaban J connectivity index is 1.73. The van der Waals surface area contributed by atoms with Crippen LogP contribution < -0.4 is 9.47 Å². The maximum absolute atomic E-state index is 13.0. The summed E-state index contributed by atoms with van der Waals surface area (Å²) in [5, 5.41) is 0. The van der Waals surface area contributed by atoms with Gasteiger partial charge in [-0.3, -0.25) is 4.79 Å². The van der Waals surface area contributed by atoms with E-state index in [4.69, 9.17) is 14.2 Å². The third-order valence-electron chi connectivity index (χ3n) is 4.74. The lowest BCUT2D eigenvalue weighted by Crippen LogP contribution is -2.52. The summed E-state index contributed by atoms with van der Waals surface area (Å²) < 4.78 is 43.2. The Hall–Kier alpha value is -1.84. The molecule has 0 saturated carbocycles. The number of carbonyl (C=O) groups is 1. The predicted octanol–water partition coefficient (Wildman–Crippen LogP) is 0.716. The molecule has 1 amide bonds. The first-order valence-electron chi connectivity index (χ1n) is 8.60. The second-order valence-corrected chi connectivity index (χ2v) is 8.15. The highest BCUT2D eigenvalue weighted by Crippen LogP contribution is 2.31. The number of nitrogens with zero attached hydrogens (tertiary/aromatic N) is 2. The van der Waals surface area contributed by atoms with Crippen LogP contribution in [0.5, 0.6) is 11.5 Å². The summed E-state index contributed by atoms with van der Waals surface area (Å²) in [6, 6.07) is 4.68. The number of hydrogen-bond acceptors (Lipinski definition) is 6. The molecule has 0 N–H and O–H groups in total. The third-order valence-corrected chi connectivity index (χ3v) is 6.66. The van der Waals surface area contributed by atoms with Gasteiger partial charge in [0.05, 0.1) is 14.2 Å². The van der Waals surface area contributed by atoms with Crippen LogP contribution in [0, 0.1) is 0 Å². The van der Waals surface area contributed by atoms with Crippen LogP contribution in [0.25, 0.3) is 0 Å². The number of amides is 1. The molecule has 9 heteroatoms. The van der Waals surface area contributed by atoms with E-state index in [1.807, 2.05) is 0 Å². The summed E-state index contributed by atoms with van der Waals surface area (Å²) in [6.07, 6.45) is 1.25. The molecule has 26 heavy (non-hydrogen) atoms. The van der Waals surface area contributed by atoms with Gasteiger partial charge in [-0.2, -0.15) is 4.31 Å². The van der Waals surface area contributed by atoms with Gasteiger partial charge in [0.25, 0.3) is 5.91 Å². The van der Waals surface area contributed by atoms with Crippen LogP contribution in [0.2, 0.25) is 0 Å². The van der Waals surface area contributed by atoms with Gasteiger partial charge in [-0.05, 0) is 25.0 Å². The van der Waals surface area contributed by atoms with Crippen molar-refractivity contribution in [1.29, 1.82) is 0 Å². The van der Waals surface area contributed by atoms with Crippen molar-refractivity contribution >= 4 is 15.9 Å². The number of piperazine rings is 1. The van der Waals surface area contributed by atoms with Gasteiger partial charge in [0.1, 0.15) is 22.5 Å². The zero-order valence-corrected chi connectivity index (χ0v) is 15.8. The maximum Gasteiger partial charge on any atom is 0.251 e. The van der Waals surface area contributed by atoms with Crippen LogP contribution in [0.4, 0.5) is 0 Å². The summed E-state index contributed by atoms with van der Waals surface area (Å²) in [7, 11) is -0.837. The van der Waals surface area contributed by atoms with Crippen molar-refractivity contribution in [1.82, 2.24) is 9.21 Å². The van der Waals surface area contributed by atoms with E-state index in [-0.39, 0.29) is 35.7 Å². The van der Waals surface area contributed by atoms with Crippen molar-refractivity contribution in [2.24, 2.45) is 0 Å². The molecule has 0 aliphatic carbocycles. The van der Waals surface area contributed by atoms with Crippen molar-refractivity contribution in [2.75, 3.05) is 47.0 Å². The fourth-order valence-corrected chi connectivity index (χ4v) is 4.84. The molecule has 8 nitrogen and oxygen atoms in total. The van der Waals surface area contributed by atoms with Crippen LogP contribution in [0.1, 0.15) is 12.8 Å². The van der Waals surface area contributed by atoms with E-state index in [9.17, 15) is 13.2 Å². The van der Waals surface area contributed by atoms with Crippen molar-refractivity contribution in [3.63, 3.8) is 0 Å². The average Bonchev–Trinajstić information content (AvgIpc) is 3.21. The van der Waals surface area contributed by atoms with E-state index < -0.39 is 10.0 Å². The molecule has 0 spiro atoms. The minimum absolute atomic E-state index is 0.0430. The molecule has 2 aliphatic heterocycles. The number of ether oxygens (including phenoxy) is 3. The Morgan fingerprint density at radius 3 is 2.46 bits per heavy atom.